The molecule has 0 aliphatic heterocycles. The van der Waals surface area contributed by atoms with Crippen LogP contribution < -0.4 is 0 Å². The van der Waals surface area contributed by atoms with Crippen molar-refractivity contribution < 1.29 is 32.7 Å². The van der Waals surface area contributed by atoms with Gasteiger partial charge in [0.25, 0.3) is 0 Å². The maximum absolute atomic E-state index is 4.19. The van der Waals surface area contributed by atoms with Gasteiger partial charge in [0.05, 0.1) is 0 Å². The van der Waals surface area contributed by atoms with Crippen LogP contribution in [0, 0.1) is 13.3 Å². The first-order valence-corrected chi connectivity index (χ1v) is 3.57. The number of hydrogen-bond donors (Lipinski definition) is 0. The fourth-order valence-corrected chi connectivity index (χ4v) is 1.20. The van der Waals surface area contributed by atoms with E-state index in [1.54, 1.807) is 6.21 Å². The van der Waals surface area contributed by atoms with E-state index >= 15 is 0 Å². The Morgan fingerprint density at radius 1 is 1.50 bits per heavy atom. The zero-order chi connectivity index (χ0) is 6.53. The van der Waals surface area contributed by atoms with Gasteiger partial charge < -0.3 is 18.3 Å². The molecular weight excluding hydrogens is 199 g/mol. The fourth-order valence-electron chi connectivity index (χ4n) is 1.20. The van der Waals surface area contributed by atoms with E-state index in [0.29, 0.717) is 6.04 Å². The van der Waals surface area contributed by atoms with Crippen molar-refractivity contribution >= 4 is 6.21 Å². The Bertz CT molecular complexity index is 95.4. The summed E-state index contributed by atoms with van der Waals surface area (Å²) in [5.41, 5.74) is 0. The van der Waals surface area contributed by atoms with Crippen LogP contribution in [0.1, 0.15) is 25.7 Å². The monoisotopic (exact) mass is 212 g/mol. The Kier molecular flexibility index (Phi) is 6.77. The van der Waals surface area contributed by atoms with Crippen LogP contribution in [-0.2, 0) is 32.7 Å². The molecule has 0 heterocycles. The van der Waals surface area contributed by atoms with Crippen LogP contribution in [-0.4, -0.2) is 12.3 Å². The average Bonchev–Trinajstić information content (AvgIpc) is 1.91. The molecule has 1 nitrogen and oxygen atoms in total. The SMILES string of the molecule is [CH2-]C=NC1[CH-]CCCC1.[Y]. The quantitative estimate of drug-likeness (QED) is 0.466. The zero-order valence-corrected chi connectivity index (χ0v) is 9.13. The Balaban J connectivity index is 0.000000810. The van der Waals surface area contributed by atoms with Crippen molar-refractivity contribution in [2.45, 2.75) is 31.7 Å². The third-order valence-corrected chi connectivity index (χ3v) is 1.69. The topological polar surface area (TPSA) is 12.4 Å². The third-order valence-electron chi connectivity index (χ3n) is 1.69. The van der Waals surface area contributed by atoms with Crippen LogP contribution in [0.5, 0.6) is 0 Å². The molecule has 1 aliphatic rings. The van der Waals surface area contributed by atoms with Crippen molar-refractivity contribution in [2.24, 2.45) is 4.99 Å². The van der Waals surface area contributed by atoms with Crippen molar-refractivity contribution in [1.29, 1.82) is 0 Å². The number of nitrogens with zero attached hydrogens (tertiary/aromatic N) is 1. The molecule has 1 saturated carbocycles. The van der Waals surface area contributed by atoms with Gasteiger partial charge in [0.15, 0.2) is 0 Å². The van der Waals surface area contributed by atoms with Gasteiger partial charge in [0, 0.05) is 32.7 Å². The van der Waals surface area contributed by atoms with Gasteiger partial charge >= 0.3 is 0 Å². The van der Waals surface area contributed by atoms with Crippen LogP contribution >= 0.6 is 0 Å². The second-order valence-corrected chi connectivity index (χ2v) is 2.42. The summed E-state index contributed by atoms with van der Waals surface area (Å²) in [7, 11) is 0. The number of hydrogen-bond acceptors (Lipinski definition) is 1. The standard InChI is InChI=1S/C8H13N.Y/c1-2-9-8-6-4-3-5-7-8;/h2,6,8H,1,3-5,7H2;/q-2;. The summed E-state index contributed by atoms with van der Waals surface area (Å²) in [4.78, 5) is 4.19. The van der Waals surface area contributed by atoms with Crippen LogP contribution in [0.15, 0.2) is 4.99 Å². The average molecular weight is 212 g/mol. The van der Waals surface area contributed by atoms with E-state index in [0.717, 1.165) is 0 Å². The predicted octanol–water partition coefficient (Wildman–Crippen LogP) is 2.04. The number of rotatable bonds is 1. The first kappa shape index (κ1) is 10.6. The van der Waals surface area contributed by atoms with Crippen LogP contribution in [0.25, 0.3) is 0 Å². The summed E-state index contributed by atoms with van der Waals surface area (Å²) < 4.78 is 0. The van der Waals surface area contributed by atoms with E-state index in [-0.39, 0.29) is 32.7 Å². The van der Waals surface area contributed by atoms with Gasteiger partial charge in [-0.3, -0.25) is 0 Å². The molecule has 1 fully saturated rings. The predicted molar refractivity (Wildman–Crippen MR) is 40.4 cm³/mol. The summed E-state index contributed by atoms with van der Waals surface area (Å²) in [6, 6.07) is 0.483. The molecule has 10 heavy (non-hydrogen) atoms. The largest absolute Gasteiger partial charge is 0.364 e. The second kappa shape index (κ2) is 6.36. The molecule has 0 aromatic heterocycles. The summed E-state index contributed by atoms with van der Waals surface area (Å²) in [5, 5.41) is 0. The molecule has 0 spiro atoms. The second-order valence-electron chi connectivity index (χ2n) is 2.42. The summed E-state index contributed by atoms with van der Waals surface area (Å²) >= 11 is 0. The van der Waals surface area contributed by atoms with Crippen LogP contribution in [0.4, 0.5) is 0 Å². The fraction of sp³-hybridized carbons (Fsp3) is 0.625. The van der Waals surface area contributed by atoms with Crippen molar-refractivity contribution in [3.8, 4) is 0 Å². The minimum absolute atomic E-state index is 0. The maximum atomic E-state index is 4.19. The molecule has 0 N–H and O–H groups in total. The van der Waals surface area contributed by atoms with E-state index in [1.807, 2.05) is 0 Å². The Morgan fingerprint density at radius 3 is 2.80 bits per heavy atom. The van der Waals surface area contributed by atoms with E-state index in [1.165, 1.54) is 25.7 Å². The van der Waals surface area contributed by atoms with Gasteiger partial charge in [0.1, 0.15) is 0 Å². The van der Waals surface area contributed by atoms with Gasteiger partial charge in [0.2, 0.25) is 0 Å². The summed E-state index contributed by atoms with van der Waals surface area (Å²) in [6.07, 6.45) is 9.09. The van der Waals surface area contributed by atoms with E-state index in [9.17, 15) is 0 Å². The van der Waals surface area contributed by atoms with Crippen molar-refractivity contribution in [1.82, 2.24) is 0 Å². The Labute approximate surface area is 88.6 Å². The van der Waals surface area contributed by atoms with E-state index in [4.69, 9.17) is 0 Å². The van der Waals surface area contributed by atoms with E-state index in [2.05, 4.69) is 18.3 Å². The molecule has 2 heteroatoms. The van der Waals surface area contributed by atoms with Gasteiger partial charge in [-0.05, 0) is 0 Å². The minimum atomic E-state index is 0. The molecule has 1 aliphatic carbocycles. The number of aliphatic imine (C=N–C) groups is 1. The Hall–Kier alpha value is 0.644. The van der Waals surface area contributed by atoms with E-state index < -0.39 is 0 Å². The molecule has 1 radical (unpaired) electrons. The van der Waals surface area contributed by atoms with Gasteiger partial charge in [-0.15, -0.1) is 6.21 Å². The third kappa shape index (κ3) is 3.73. The van der Waals surface area contributed by atoms with Gasteiger partial charge in [-0.2, -0.15) is 6.42 Å². The molecule has 0 bridgehead atoms. The zero-order valence-electron chi connectivity index (χ0n) is 6.29. The molecule has 1 rings (SSSR count). The van der Waals surface area contributed by atoms with Crippen molar-refractivity contribution in [3.05, 3.63) is 13.3 Å². The van der Waals surface area contributed by atoms with Crippen LogP contribution in [0.2, 0.25) is 0 Å². The van der Waals surface area contributed by atoms with Gasteiger partial charge in [-0.25, -0.2) is 0 Å². The normalized spacial score (nSPS) is 26.2. The Morgan fingerprint density at radius 2 is 2.30 bits per heavy atom. The molecule has 0 saturated heterocycles. The molecular formula is C8H13NY-2. The maximum Gasteiger partial charge on any atom is 0 e. The minimum Gasteiger partial charge on any atom is -0.364 e. The molecule has 55 valence electrons. The summed E-state index contributed by atoms with van der Waals surface area (Å²) in [5.74, 6) is 0. The van der Waals surface area contributed by atoms with Crippen molar-refractivity contribution in [2.75, 3.05) is 0 Å². The first-order valence-electron chi connectivity index (χ1n) is 3.57. The molecule has 1 atom stereocenters. The summed E-state index contributed by atoms with van der Waals surface area (Å²) in [6.45, 7) is 3.57. The molecule has 1 unspecified atom stereocenters. The van der Waals surface area contributed by atoms with Crippen molar-refractivity contribution in [3.63, 3.8) is 0 Å². The van der Waals surface area contributed by atoms with Crippen LogP contribution in [0.3, 0.4) is 0 Å². The molecule has 0 aromatic carbocycles. The smallest absolute Gasteiger partial charge is 0 e. The van der Waals surface area contributed by atoms with Gasteiger partial charge in [-0.1, -0.05) is 25.3 Å². The molecule has 0 amide bonds. The molecule has 0 aromatic rings. The first-order chi connectivity index (χ1) is 4.43.